The van der Waals surface area contributed by atoms with E-state index in [1.807, 2.05) is 0 Å². The Morgan fingerprint density at radius 3 is 2.55 bits per heavy atom. The molecule has 3 heterocycles. The van der Waals surface area contributed by atoms with Gasteiger partial charge in [-0.1, -0.05) is 0 Å². The topological polar surface area (TPSA) is 102 Å². The summed E-state index contributed by atoms with van der Waals surface area (Å²) in [6.45, 7) is 4.13. The molecule has 158 valence electrons. The third-order valence-corrected chi connectivity index (χ3v) is 4.47. The summed E-state index contributed by atoms with van der Waals surface area (Å²) >= 11 is 0. The minimum Gasteiger partial charge on any atom is -0.462 e. The number of nitrogens with zero attached hydrogens (tertiary/aromatic N) is 5. The van der Waals surface area contributed by atoms with Crippen molar-refractivity contribution in [2.24, 2.45) is 5.92 Å². The van der Waals surface area contributed by atoms with Crippen LogP contribution in [-0.2, 0) is 20.5 Å². The van der Waals surface area contributed by atoms with Gasteiger partial charge >= 0.3 is 12.1 Å². The molecule has 2 aromatic rings. The second-order valence-corrected chi connectivity index (χ2v) is 7.00. The second-order valence-electron chi connectivity index (χ2n) is 7.00. The smallest absolute Gasteiger partial charge is 0.453 e. The molecule has 1 fully saturated rings. The average Bonchev–Trinajstić information content (AvgIpc) is 3.09. The van der Waals surface area contributed by atoms with Crippen LogP contribution in [0, 0.1) is 5.92 Å². The number of carbonyl (C=O) groups excluding carboxylic acids is 2. The van der Waals surface area contributed by atoms with Gasteiger partial charge in [-0.3, -0.25) is 9.59 Å². The van der Waals surface area contributed by atoms with Gasteiger partial charge in [0.05, 0.1) is 6.10 Å². The van der Waals surface area contributed by atoms with Crippen molar-refractivity contribution in [1.82, 2.24) is 25.1 Å². The van der Waals surface area contributed by atoms with Gasteiger partial charge in [0.15, 0.2) is 5.65 Å². The Balaban J connectivity index is 1.59. The summed E-state index contributed by atoms with van der Waals surface area (Å²) < 4.78 is 44.7. The zero-order valence-corrected chi connectivity index (χ0v) is 15.9. The molecule has 1 N–H and O–H groups in total. The maximum Gasteiger partial charge on any atom is 0.453 e. The van der Waals surface area contributed by atoms with E-state index in [9.17, 15) is 22.8 Å². The lowest BCUT2D eigenvalue weighted by atomic mass is 9.96. The van der Waals surface area contributed by atoms with Gasteiger partial charge in [0, 0.05) is 19.0 Å². The van der Waals surface area contributed by atoms with Crippen molar-refractivity contribution in [3.05, 3.63) is 18.0 Å². The number of hydrogen-bond acceptors (Lipinski definition) is 7. The normalized spacial score (nSPS) is 15.7. The van der Waals surface area contributed by atoms with Crippen LogP contribution in [0.5, 0.6) is 0 Å². The summed E-state index contributed by atoms with van der Waals surface area (Å²) in [6, 6.07) is 3.00. The first-order valence-electron chi connectivity index (χ1n) is 9.17. The number of piperidine rings is 1. The van der Waals surface area contributed by atoms with Gasteiger partial charge in [0.25, 0.3) is 5.82 Å². The van der Waals surface area contributed by atoms with Gasteiger partial charge < -0.3 is 15.0 Å². The zero-order valence-electron chi connectivity index (χ0n) is 15.9. The van der Waals surface area contributed by atoms with E-state index in [0.717, 1.165) is 0 Å². The van der Waals surface area contributed by atoms with Gasteiger partial charge in [-0.15, -0.1) is 15.3 Å². The quantitative estimate of drug-likeness (QED) is 0.739. The Bertz CT molecular complexity index is 890. The molecule has 1 saturated heterocycles. The summed E-state index contributed by atoms with van der Waals surface area (Å²) in [5.74, 6) is -1.87. The minimum atomic E-state index is -4.66. The van der Waals surface area contributed by atoms with Crippen LogP contribution in [0.4, 0.5) is 19.0 Å². The van der Waals surface area contributed by atoms with Crippen LogP contribution >= 0.6 is 0 Å². The fourth-order valence-corrected chi connectivity index (χ4v) is 3.10. The summed E-state index contributed by atoms with van der Waals surface area (Å²) in [5, 5.41) is 13.2. The zero-order chi connectivity index (χ0) is 21.2. The van der Waals surface area contributed by atoms with E-state index in [-0.39, 0.29) is 30.1 Å². The second kappa shape index (κ2) is 8.21. The van der Waals surface area contributed by atoms with Crippen molar-refractivity contribution in [3.63, 3.8) is 0 Å². The number of nitrogens with one attached hydrogen (secondary N) is 1. The monoisotopic (exact) mass is 414 g/mol. The summed E-state index contributed by atoms with van der Waals surface area (Å²) in [4.78, 5) is 25.5. The third-order valence-electron chi connectivity index (χ3n) is 4.47. The lowest BCUT2D eigenvalue weighted by Crippen LogP contribution is -2.42. The number of rotatable bonds is 5. The van der Waals surface area contributed by atoms with Crippen LogP contribution in [0.3, 0.4) is 0 Å². The highest BCUT2D eigenvalue weighted by Crippen LogP contribution is 2.28. The predicted molar refractivity (Wildman–Crippen MR) is 95.0 cm³/mol. The Labute approximate surface area is 164 Å². The van der Waals surface area contributed by atoms with Crippen LogP contribution in [0.1, 0.15) is 32.5 Å². The lowest BCUT2D eigenvalue weighted by molar-refractivity contribution is -0.148. The van der Waals surface area contributed by atoms with Gasteiger partial charge in [0.1, 0.15) is 12.4 Å². The Morgan fingerprint density at radius 2 is 1.93 bits per heavy atom. The maximum absolute atomic E-state index is 13.0. The number of hydrogen-bond donors (Lipinski definition) is 1. The van der Waals surface area contributed by atoms with E-state index in [4.69, 9.17) is 4.74 Å². The SMILES string of the molecule is CC(C)OC(=O)CNC(=O)C1CCN(c2ccc3nnc(C(F)(F)F)n3n2)CC1. The molecular weight excluding hydrogens is 393 g/mol. The summed E-state index contributed by atoms with van der Waals surface area (Å²) in [6.07, 6.45) is -3.94. The third kappa shape index (κ3) is 4.93. The highest BCUT2D eigenvalue weighted by Gasteiger charge is 2.38. The van der Waals surface area contributed by atoms with E-state index in [1.54, 1.807) is 24.8 Å². The number of anilines is 1. The maximum atomic E-state index is 13.0. The van der Waals surface area contributed by atoms with Crippen LogP contribution in [0.25, 0.3) is 5.65 Å². The molecule has 1 aliphatic rings. The lowest BCUT2D eigenvalue weighted by Gasteiger charge is -2.32. The first-order chi connectivity index (χ1) is 13.6. The van der Waals surface area contributed by atoms with E-state index in [1.165, 1.54) is 6.07 Å². The molecular formula is C17H21F3N6O3. The molecule has 1 aliphatic heterocycles. The fourth-order valence-electron chi connectivity index (χ4n) is 3.10. The number of esters is 1. The Morgan fingerprint density at radius 1 is 1.24 bits per heavy atom. The number of aromatic nitrogens is 4. The number of halogens is 3. The first-order valence-corrected chi connectivity index (χ1v) is 9.17. The molecule has 0 unspecified atom stereocenters. The molecule has 3 rings (SSSR count). The van der Waals surface area contributed by atoms with Gasteiger partial charge in [-0.25, -0.2) is 0 Å². The molecule has 0 bridgehead atoms. The van der Waals surface area contributed by atoms with E-state index >= 15 is 0 Å². The molecule has 12 heteroatoms. The Hall–Kier alpha value is -2.92. The molecule has 0 aliphatic carbocycles. The van der Waals surface area contributed by atoms with E-state index in [0.29, 0.717) is 36.3 Å². The number of ether oxygens (including phenoxy) is 1. The highest BCUT2D eigenvalue weighted by molar-refractivity contribution is 5.83. The van der Waals surface area contributed by atoms with Crippen molar-refractivity contribution < 1.29 is 27.5 Å². The highest BCUT2D eigenvalue weighted by atomic mass is 19.4. The summed E-state index contributed by atoms with van der Waals surface area (Å²) in [7, 11) is 0. The molecule has 0 radical (unpaired) electrons. The van der Waals surface area contributed by atoms with Crippen LogP contribution in [0.15, 0.2) is 12.1 Å². The molecule has 0 atom stereocenters. The average molecular weight is 414 g/mol. The van der Waals surface area contributed by atoms with E-state index in [2.05, 4.69) is 20.6 Å². The van der Waals surface area contributed by atoms with Crippen molar-refractivity contribution in [2.45, 2.75) is 39.0 Å². The minimum absolute atomic E-state index is 0.00335. The van der Waals surface area contributed by atoms with Crippen LogP contribution in [-0.4, -0.2) is 57.4 Å². The standard InChI is InChI=1S/C17H21F3N6O3/c1-10(2)29-14(27)9-21-15(28)11-5-7-25(8-6-11)13-4-3-12-22-23-16(17(18,19)20)26(12)24-13/h3-4,10-11H,5-9H2,1-2H3,(H,21,28). The van der Waals surface area contributed by atoms with Crippen molar-refractivity contribution >= 4 is 23.3 Å². The van der Waals surface area contributed by atoms with Gasteiger partial charge in [-0.2, -0.15) is 17.7 Å². The first kappa shape index (κ1) is 20.8. The molecule has 9 nitrogen and oxygen atoms in total. The largest absolute Gasteiger partial charge is 0.462 e. The predicted octanol–water partition coefficient (Wildman–Crippen LogP) is 1.43. The number of alkyl halides is 3. The number of amides is 1. The number of carbonyl (C=O) groups is 2. The molecule has 2 aromatic heterocycles. The number of fused-ring (bicyclic) bond motifs is 1. The van der Waals surface area contributed by atoms with Crippen LogP contribution < -0.4 is 10.2 Å². The van der Waals surface area contributed by atoms with Crippen molar-refractivity contribution in [2.75, 3.05) is 24.5 Å². The van der Waals surface area contributed by atoms with E-state index < -0.39 is 18.0 Å². The molecule has 0 aromatic carbocycles. The van der Waals surface area contributed by atoms with Crippen molar-refractivity contribution in [3.8, 4) is 0 Å². The summed E-state index contributed by atoms with van der Waals surface area (Å²) in [5.41, 5.74) is 0.00335. The fraction of sp³-hybridized carbons (Fsp3) is 0.588. The van der Waals surface area contributed by atoms with Crippen LogP contribution in [0.2, 0.25) is 0 Å². The Kier molecular flexibility index (Phi) is 5.89. The van der Waals surface area contributed by atoms with Gasteiger partial charge in [0.2, 0.25) is 5.91 Å². The molecule has 0 spiro atoms. The molecule has 1 amide bonds. The van der Waals surface area contributed by atoms with Gasteiger partial charge in [-0.05, 0) is 38.8 Å². The van der Waals surface area contributed by atoms with Crippen molar-refractivity contribution in [1.29, 1.82) is 0 Å². The molecule has 29 heavy (non-hydrogen) atoms. The molecule has 0 saturated carbocycles.